The smallest absolute Gasteiger partial charge is 0.320 e. The Bertz CT molecular complexity index is 1020. The molecule has 3 aromatic heterocycles. The summed E-state index contributed by atoms with van der Waals surface area (Å²) in [6, 6.07) is 5.48. The van der Waals surface area contributed by atoms with Crippen molar-refractivity contribution >= 4 is 23.0 Å². The molecule has 10 heteroatoms. The van der Waals surface area contributed by atoms with Crippen molar-refractivity contribution in [3.8, 4) is 22.5 Å². The Labute approximate surface area is 185 Å². The number of thiazole rings is 1. The Morgan fingerprint density at radius 2 is 1.87 bits per heavy atom. The predicted octanol–water partition coefficient (Wildman–Crippen LogP) is 3.08. The molecule has 4 rings (SSSR count). The standard InChI is InChI=1S/C21H27N7O2S/c1-13(30-21-25-16(22)12-17(23)26-21)19-14(2)31-20(27-19)15-5-6-24-18(11-15)29-10-9-28-7-3-4-8-28/h5-6,11-13H,3-4,7-10H2,1-2H3,(H4,22,23,25,26)/t13-/m0/s1. The topological polar surface area (TPSA) is 125 Å². The molecular formula is C21H27N7O2S. The summed E-state index contributed by atoms with van der Waals surface area (Å²) in [5.74, 6) is 1.14. The van der Waals surface area contributed by atoms with E-state index in [1.165, 1.54) is 18.9 Å². The fourth-order valence-electron chi connectivity index (χ4n) is 3.54. The van der Waals surface area contributed by atoms with E-state index in [4.69, 9.17) is 25.9 Å². The number of hydrogen-bond donors (Lipinski definition) is 2. The van der Waals surface area contributed by atoms with Gasteiger partial charge in [0.15, 0.2) is 0 Å². The first kappa shape index (κ1) is 21.3. The van der Waals surface area contributed by atoms with Crippen LogP contribution in [-0.4, -0.2) is 51.1 Å². The minimum absolute atomic E-state index is 0.136. The molecule has 1 aliphatic heterocycles. The predicted molar refractivity (Wildman–Crippen MR) is 121 cm³/mol. The Morgan fingerprint density at radius 3 is 2.61 bits per heavy atom. The van der Waals surface area contributed by atoms with Crippen LogP contribution in [0.3, 0.4) is 0 Å². The second-order valence-corrected chi connectivity index (χ2v) is 8.70. The molecule has 0 saturated carbocycles. The first-order valence-electron chi connectivity index (χ1n) is 10.3. The van der Waals surface area contributed by atoms with Gasteiger partial charge in [0.05, 0.1) is 5.69 Å². The molecule has 1 atom stereocenters. The summed E-state index contributed by atoms with van der Waals surface area (Å²) in [6.45, 7) is 7.79. The second kappa shape index (κ2) is 9.44. The lowest BCUT2D eigenvalue weighted by atomic mass is 10.2. The van der Waals surface area contributed by atoms with Gasteiger partial charge < -0.3 is 20.9 Å². The number of aromatic nitrogens is 4. The van der Waals surface area contributed by atoms with Crippen molar-refractivity contribution in [2.24, 2.45) is 0 Å². The van der Waals surface area contributed by atoms with Gasteiger partial charge in [0.2, 0.25) is 5.88 Å². The maximum absolute atomic E-state index is 5.88. The van der Waals surface area contributed by atoms with Crippen molar-refractivity contribution in [1.29, 1.82) is 0 Å². The van der Waals surface area contributed by atoms with Gasteiger partial charge in [0, 0.05) is 35.3 Å². The summed E-state index contributed by atoms with van der Waals surface area (Å²) in [5, 5.41) is 0.878. The van der Waals surface area contributed by atoms with Gasteiger partial charge in [-0.25, -0.2) is 9.97 Å². The van der Waals surface area contributed by atoms with Crippen molar-refractivity contribution in [1.82, 2.24) is 24.8 Å². The number of nitrogens with two attached hydrogens (primary N) is 2. The first-order chi connectivity index (χ1) is 15.0. The van der Waals surface area contributed by atoms with Crippen LogP contribution in [0, 0.1) is 6.92 Å². The Balaban J connectivity index is 1.43. The maximum Gasteiger partial charge on any atom is 0.320 e. The Hall–Kier alpha value is -2.98. The number of anilines is 2. The van der Waals surface area contributed by atoms with Crippen LogP contribution in [0.1, 0.15) is 36.4 Å². The lowest BCUT2D eigenvalue weighted by Gasteiger charge is -2.14. The zero-order valence-corrected chi connectivity index (χ0v) is 18.6. The number of hydrogen-bond acceptors (Lipinski definition) is 10. The fraction of sp³-hybridized carbons (Fsp3) is 0.429. The lowest BCUT2D eigenvalue weighted by molar-refractivity contribution is 0.203. The van der Waals surface area contributed by atoms with Crippen molar-refractivity contribution in [2.75, 3.05) is 37.7 Å². The monoisotopic (exact) mass is 441 g/mol. The molecule has 0 bridgehead atoms. The molecule has 0 amide bonds. The third kappa shape index (κ3) is 5.39. The van der Waals surface area contributed by atoms with Crippen LogP contribution in [0.2, 0.25) is 0 Å². The van der Waals surface area contributed by atoms with Gasteiger partial charge in [-0.1, -0.05) is 0 Å². The molecular weight excluding hydrogens is 414 g/mol. The quantitative estimate of drug-likeness (QED) is 0.542. The van der Waals surface area contributed by atoms with Gasteiger partial charge in [0.25, 0.3) is 0 Å². The lowest BCUT2D eigenvalue weighted by Crippen LogP contribution is -2.25. The third-order valence-corrected chi connectivity index (χ3v) is 6.12. The van der Waals surface area contributed by atoms with Crippen LogP contribution < -0.4 is 20.9 Å². The zero-order valence-electron chi connectivity index (χ0n) is 17.7. The molecule has 0 aromatic carbocycles. The molecule has 0 radical (unpaired) electrons. The number of ether oxygens (including phenoxy) is 2. The molecule has 1 saturated heterocycles. The SMILES string of the molecule is Cc1sc(-c2ccnc(OCCN3CCCC3)c2)nc1[C@H](C)Oc1nc(N)cc(N)n1. The Morgan fingerprint density at radius 1 is 1.13 bits per heavy atom. The molecule has 1 fully saturated rings. The number of nitrogen functional groups attached to an aromatic ring is 2. The largest absolute Gasteiger partial charge is 0.476 e. The molecule has 9 nitrogen and oxygen atoms in total. The van der Waals surface area contributed by atoms with Crippen molar-refractivity contribution < 1.29 is 9.47 Å². The molecule has 1 aliphatic rings. The van der Waals surface area contributed by atoms with Crippen molar-refractivity contribution in [2.45, 2.75) is 32.8 Å². The minimum Gasteiger partial charge on any atom is -0.476 e. The normalized spacial score (nSPS) is 15.2. The summed E-state index contributed by atoms with van der Waals surface area (Å²) < 4.78 is 11.7. The summed E-state index contributed by atoms with van der Waals surface area (Å²) in [7, 11) is 0. The van der Waals surface area contributed by atoms with Crippen LogP contribution >= 0.6 is 11.3 Å². The Kier molecular flexibility index (Phi) is 6.47. The molecule has 0 spiro atoms. The molecule has 4 heterocycles. The van der Waals surface area contributed by atoms with E-state index >= 15 is 0 Å². The highest BCUT2D eigenvalue weighted by atomic mass is 32.1. The average molecular weight is 442 g/mol. The van der Waals surface area contributed by atoms with Gasteiger partial charge in [-0.2, -0.15) is 9.97 Å². The number of nitrogens with zero attached hydrogens (tertiary/aromatic N) is 5. The minimum atomic E-state index is -0.357. The van der Waals surface area contributed by atoms with Crippen LogP contribution in [0.4, 0.5) is 11.6 Å². The molecule has 3 aromatic rings. The number of pyridine rings is 1. The summed E-state index contributed by atoms with van der Waals surface area (Å²) in [6.07, 6.45) is 3.95. The van der Waals surface area contributed by atoms with Gasteiger partial charge in [-0.15, -0.1) is 11.3 Å². The summed E-state index contributed by atoms with van der Waals surface area (Å²) in [5.41, 5.74) is 13.2. The van der Waals surface area contributed by atoms with E-state index in [0.29, 0.717) is 12.5 Å². The van der Waals surface area contributed by atoms with E-state index in [2.05, 4.69) is 19.9 Å². The zero-order chi connectivity index (χ0) is 21.8. The van der Waals surface area contributed by atoms with Gasteiger partial charge in [-0.05, 0) is 45.8 Å². The first-order valence-corrected chi connectivity index (χ1v) is 11.1. The van der Waals surface area contributed by atoms with Gasteiger partial charge in [-0.3, -0.25) is 4.90 Å². The van der Waals surface area contributed by atoms with E-state index in [1.54, 1.807) is 17.5 Å². The van der Waals surface area contributed by atoms with Crippen LogP contribution in [-0.2, 0) is 0 Å². The van der Waals surface area contributed by atoms with Gasteiger partial charge in [0.1, 0.15) is 29.4 Å². The number of rotatable bonds is 8. The highest BCUT2D eigenvalue weighted by Gasteiger charge is 2.19. The van der Waals surface area contributed by atoms with Crippen LogP contribution in [0.15, 0.2) is 24.4 Å². The molecule has 164 valence electrons. The summed E-state index contributed by atoms with van der Waals surface area (Å²) >= 11 is 1.59. The number of likely N-dealkylation sites (tertiary alicyclic amines) is 1. The molecule has 0 unspecified atom stereocenters. The van der Waals surface area contributed by atoms with E-state index in [0.717, 1.165) is 40.8 Å². The summed E-state index contributed by atoms with van der Waals surface area (Å²) in [4.78, 5) is 20.7. The van der Waals surface area contributed by atoms with E-state index in [-0.39, 0.29) is 23.8 Å². The number of aryl methyl sites for hydroxylation is 1. The van der Waals surface area contributed by atoms with Crippen LogP contribution in [0.25, 0.3) is 10.6 Å². The van der Waals surface area contributed by atoms with Crippen molar-refractivity contribution in [3.63, 3.8) is 0 Å². The highest BCUT2D eigenvalue weighted by molar-refractivity contribution is 7.15. The average Bonchev–Trinajstić information content (AvgIpc) is 3.37. The van der Waals surface area contributed by atoms with E-state index < -0.39 is 0 Å². The third-order valence-electron chi connectivity index (χ3n) is 5.08. The fourth-order valence-corrected chi connectivity index (χ4v) is 4.54. The molecule has 4 N–H and O–H groups in total. The van der Waals surface area contributed by atoms with Crippen LogP contribution in [0.5, 0.6) is 11.9 Å². The van der Waals surface area contributed by atoms with Gasteiger partial charge >= 0.3 is 6.01 Å². The maximum atomic E-state index is 5.88. The van der Waals surface area contributed by atoms with Crippen molar-refractivity contribution in [3.05, 3.63) is 35.0 Å². The molecule has 0 aliphatic carbocycles. The van der Waals surface area contributed by atoms with E-state index in [9.17, 15) is 0 Å². The molecule has 31 heavy (non-hydrogen) atoms. The van der Waals surface area contributed by atoms with E-state index in [1.807, 2.05) is 26.0 Å². The highest BCUT2D eigenvalue weighted by Crippen LogP contribution is 2.33. The second-order valence-electron chi connectivity index (χ2n) is 7.50.